The van der Waals surface area contributed by atoms with Gasteiger partial charge in [0.1, 0.15) is 28.9 Å². The van der Waals surface area contributed by atoms with Crippen LogP contribution in [0.4, 0.5) is 14.5 Å². The molecule has 2 heterocycles. The van der Waals surface area contributed by atoms with Crippen LogP contribution in [0.25, 0.3) is 33.4 Å². The molecule has 1 saturated carbocycles. The average Bonchev–Trinajstić information content (AvgIpc) is 3.44. The lowest BCUT2D eigenvalue weighted by Gasteiger charge is -2.43. The van der Waals surface area contributed by atoms with Crippen LogP contribution in [0.3, 0.4) is 0 Å². The molecular weight excluding hydrogens is 652 g/mol. The van der Waals surface area contributed by atoms with E-state index in [4.69, 9.17) is 4.42 Å². The summed E-state index contributed by atoms with van der Waals surface area (Å²) >= 11 is 0. The van der Waals surface area contributed by atoms with Gasteiger partial charge in [0.25, 0.3) is 11.8 Å². The maximum atomic E-state index is 17.3. The minimum absolute atomic E-state index is 0.0111. The standard InChI is InChI=1S/C36H35F2N5O5S/c1-6-43(49(5,46)47)26-17-27-29(30(34(45)39-4)32(48-27)22-11-8-20(2)9-12-22)31(38)28(26)23-13-10-21(3)25(16-23)33(44)42-36(18-24(37)19-36)35-40-14-7-15-41-35/h7-17,24H,6,18-19H2,1-5H3,(H,39,45)(H,42,44). The molecular formula is C36H35F2N5O5S. The van der Waals surface area contributed by atoms with Gasteiger partial charge >= 0.3 is 0 Å². The Balaban J connectivity index is 1.57. The number of furan rings is 1. The number of halogens is 2. The molecule has 0 saturated heterocycles. The van der Waals surface area contributed by atoms with Crippen molar-refractivity contribution in [1.82, 2.24) is 20.6 Å². The third kappa shape index (κ3) is 6.03. The van der Waals surface area contributed by atoms with Gasteiger partial charge in [0.15, 0.2) is 5.82 Å². The van der Waals surface area contributed by atoms with Crippen molar-refractivity contribution in [2.24, 2.45) is 0 Å². The Kier molecular flexibility index (Phi) is 8.74. The fourth-order valence-corrected chi connectivity index (χ4v) is 7.37. The zero-order chi connectivity index (χ0) is 35.2. The zero-order valence-corrected chi connectivity index (χ0v) is 28.4. The number of carbonyl (C=O) groups excluding carboxylic acids is 2. The second-order valence-corrected chi connectivity index (χ2v) is 14.2. The van der Waals surface area contributed by atoms with E-state index in [9.17, 15) is 22.4 Å². The summed E-state index contributed by atoms with van der Waals surface area (Å²) in [5.74, 6) is -1.68. The van der Waals surface area contributed by atoms with Crippen LogP contribution < -0.4 is 14.9 Å². The molecule has 0 atom stereocenters. The first kappa shape index (κ1) is 33.7. The van der Waals surface area contributed by atoms with Crippen molar-refractivity contribution in [3.8, 4) is 22.5 Å². The molecule has 0 unspecified atom stereocenters. The number of rotatable bonds is 9. The summed E-state index contributed by atoms with van der Waals surface area (Å²) in [5, 5.41) is 5.33. The van der Waals surface area contributed by atoms with Crippen LogP contribution in [-0.4, -0.2) is 56.2 Å². The van der Waals surface area contributed by atoms with Crippen molar-refractivity contribution >= 4 is 38.5 Å². The smallest absolute Gasteiger partial charge is 0.255 e. The molecule has 1 aliphatic rings. The lowest BCUT2D eigenvalue weighted by Crippen LogP contribution is -2.56. The predicted octanol–water partition coefficient (Wildman–Crippen LogP) is 6.22. The number of aryl methyl sites for hydroxylation is 2. The minimum Gasteiger partial charge on any atom is -0.455 e. The van der Waals surface area contributed by atoms with Crippen molar-refractivity contribution in [1.29, 1.82) is 0 Å². The monoisotopic (exact) mass is 687 g/mol. The molecule has 49 heavy (non-hydrogen) atoms. The Hall–Kier alpha value is -5.17. The Morgan fingerprint density at radius 1 is 1.02 bits per heavy atom. The number of carbonyl (C=O) groups is 2. The number of anilines is 1. The van der Waals surface area contributed by atoms with E-state index in [-0.39, 0.29) is 69.9 Å². The molecule has 2 N–H and O–H groups in total. The van der Waals surface area contributed by atoms with E-state index >= 15 is 4.39 Å². The molecule has 0 bridgehead atoms. The van der Waals surface area contributed by atoms with E-state index in [0.717, 1.165) is 16.1 Å². The number of nitrogens with one attached hydrogen (secondary N) is 2. The summed E-state index contributed by atoms with van der Waals surface area (Å²) in [6, 6.07) is 14.8. The molecule has 13 heteroatoms. The Bertz CT molecular complexity index is 2200. The number of benzene rings is 3. The van der Waals surface area contributed by atoms with Crippen LogP contribution in [0.5, 0.6) is 0 Å². The largest absolute Gasteiger partial charge is 0.455 e. The number of nitrogens with zero attached hydrogens (tertiary/aromatic N) is 3. The van der Waals surface area contributed by atoms with Crippen LogP contribution in [-0.2, 0) is 15.6 Å². The Labute approximate surface area is 282 Å². The van der Waals surface area contributed by atoms with Gasteiger partial charge in [-0.05, 0) is 44.0 Å². The van der Waals surface area contributed by atoms with Crippen molar-refractivity contribution in [2.45, 2.75) is 45.3 Å². The summed E-state index contributed by atoms with van der Waals surface area (Å²) in [6.45, 7) is 5.17. The third-order valence-corrected chi connectivity index (χ3v) is 10.1. The van der Waals surface area contributed by atoms with E-state index in [1.165, 1.54) is 31.6 Å². The Morgan fingerprint density at radius 3 is 2.27 bits per heavy atom. The molecule has 0 aliphatic heterocycles. The van der Waals surface area contributed by atoms with Crippen LogP contribution in [0, 0.1) is 19.7 Å². The van der Waals surface area contributed by atoms with E-state index in [2.05, 4.69) is 20.6 Å². The number of alkyl halides is 1. The molecule has 0 spiro atoms. The maximum absolute atomic E-state index is 17.3. The minimum atomic E-state index is -3.94. The van der Waals surface area contributed by atoms with Gasteiger partial charge < -0.3 is 15.1 Å². The summed E-state index contributed by atoms with van der Waals surface area (Å²) in [5.41, 5.74) is 0.949. The summed E-state index contributed by atoms with van der Waals surface area (Å²) in [4.78, 5) is 35.7. The maximum Gasteiger partial charge on any atom is 0.255 e. The van der Waals surface area contributed by atoms with Crippen LogP contribution in [0.1, 0.15) is 57.4 Å². The molecule has 2 aromatic heterocycles. The van der Waals surface area contributed by atoms with E-state index in [1.54, 1.807) is 44.2 Å². The van der Waals surface area contributed by atoms with Crippen molar-refractivity contribution in [3.05, 3.63) is 101 Å². The highest BCUT2D eigenvalue weighted by atomic mass is 32.2. The van der Waals surface area contributed by atoms with Crippen LogP contribution in [0.15, 0.2) is 71.4 Å². The van der Waals surface area contributed by atoms with Gasteiger partial charge in [-0.25, -0.2) is 27.2 Å². The van der Waals surface area contributed by atoms with E-state index in [0.29, 0.717) is 11.1 Å². The van der Waals surface area contributed by atoms with Gasteiger partial charge in [-0.3, -0.25) is 13.9 Å². The zero-order valence-electron chi connectivity index (χ0n) is 27.6. The third-order valence-electron chi connectivity index (χ3n) is 8.88. The molecule has 0 radical (unpaired) electrons. The molecule has 3 aromatic carbocycles. The fraction of sp³-hybridized carbons (Fsp3) is 0.278. The number of hydrogen-bond acceptors (Lipinski definition) is 7. The van der Waals surface area contributed by atoms with E-state index in [1.807, 2.05) is 19.1 Å². The number of fused-ring (bicyclic) bond motifs is 1. The number of amides is 2. The first-order valence-electron chi connectivity index (χ1n) is 15.7. The van der Waals surface area contributed by atoms with Crippen molar-refractivity contribution in [3.63, 3.8) is 0 Å². The second-order valence-electron chi connectivity index (χ2n) is 12.3. The van der Waals surface area contributed by atoms with Crippen LogP contribution in [0.2, 0.25) is 0 Å². The molecule has 10 nitrogen and oxygen atoms in total. The topological polar surface area (TPSA) is 134 Å². The number of aromatic nitrogens is 2. The SMILES string of the molecule is CCN(c1cc2oc(-c3ccc(C)cc3)c(C(=O)NC)c2c(F)c1-c1ccc(C)c(C(=O)NC2(c3ncccn3)CC(F)C2)c1)S(C)(=O)=O. The second kappa shape index (κ2) is 12.7. The molecule has 254 valence electrons. The van der Waals surface area contributed by atoms with Crippen molar-refractivity contribution < 1.29 is 31.2 Å². The highest BCUT2D eigenvalue weighted by Crippen LogP contribution is 2.45. The quantitative estimate of drug-likeness (QED) is 0.188. The summed E-state index contributed by atoms with van der Waals surface area (Å²) in [6.07, 6.45) is 2.87. The van der Waals surface area contributed by atoms with E-state index < -0.39 is 39.4 Å². The first-order valence-corrected chi connectivity index (χ1v) is 17.5. The molecule has 5 aromatic rings. The first-order chi connectivity index (χ1) is 23.3. The van der Waals surface area contributed by atoms with Gasteiger partial charge in [-0.1, -0.05) is 42.0 Å². The van der Waals surface area contributed by atoms with Gasteiger partial charge in [0.05, 0.1) is 22.9 Å². The highest BCUT2D eigenvalue weighted by Gasteiger charge is 2.49. The molecule has 1 aliphatic carbocycles. The van der Waals surface area contributed by atoms with Crippen LogP contribution >= 0.6 is 0 Å². The summed E-state index contributed by atoms with van der Waals surface area (Å²) in [7, 11) is -2.52. The lowest BCUT2D eigenvalue weighted by atomic mass is 9.74. The fourth-order valence-electron chi connectivity index (χ4n) is 6.40. The van der Waals surface area contributed by atoms with Gasteiger partial charge in [0.2, 0.25) is 10.0 Å². The average molecular weight is 688 g/mol. The predicted molar refractivity (Wildman–Crippen MR) is 183 cm³/mol. The molecule has 2 amide bonds. The number of hydrogen-bond donors (Lipinski definition) is 2. The Morgan fingerprint density at radius 2 is 1.67 bits per heavy atom. The highest BCUT2D eigenvalue weighted by molar-refractivity contribution is 7.92. The van der Waals surface area contributed by atoms with Gasteiger partial charge in [-0.15, -0.1) is 0 Å². The summed E-state index contributed by atoms with van der Waals surface area (Å²) < 4.78 is 64.8. The normalized spacial score (nSPS) is 17.4. The van der Waals surface area contributed by atoms with Gasteiger partial charge in [-0.2, -0.15) is 0 Å². The lowest BCUT2D eigenvalue weighted by molar-refractivity contribution is 0.0481. The number of sulfonamides is 1. The van der Waals surface area contributed by atoms with Crippen molar-refractivity contribution in [2.75, 3.05) is 24.2 Å². The molecule has 1 fully saturated rings. The molecule has 6 rings (SSSR count). The van der Waals surface area contributed by atoms with Gasteiger partial charge in [0, 0.05) is 61.6 Å².